The molecule has 43 heavy (non-hydrogen) atoms. The van der Waals surface area contributed by atoms with Crippen molar-refractivity contribution in [2.75, 3.05) is 7.11 Å². The van der Waals surface area contributed by atoms with Crippen LogP contribution in [0.2, 0.25) is 0 Å². The third kappa shape index (κ3) is 3.77. The van der Waals surface area contributed by atoms with E-state index in [1.807, 2.05) is 13.8 Å². The number of rotatable bonds is 3. The number of hydrogen-bond acceptors (Lipinski definition) is 1. The Labute approximate surface area is 252 Å². The molecule has 3 aliphatic carbocycles. The number of fused-ring (bicyclic) bond motifs is 8. The molecule has 4 aromatic carbocycles. The van der Waals surface area contributed by atoms with Gasteiger partial charge in [0.25, 0.3) is 0 Å². The summed E-state index contributed by atoms with van der Waals surface area (Å²) in [5, 5.41) is 5.11. The molecule has 1 aliphatic heterocycles. The molecule has 1 N–H and O–H groups in total. The smallest absolute Gasteiger partial charge is 0.196 e. The summed E-state index contributed by atoms with van der Waals surface area (Å²) in [6, 6.07) is 27.1. The Bertz CT molecular complexity index is 2050. The number of hydrogen-bond donors (Lipinski definition) is 1. The van der Waals surface area contributed by atoms with Gasteiger partial charge in [0.2, 0.25) is 0 Å². The Balaban J connectivity index is 0.00000136. The number of methoxy groups -OCH3 is 1. The van der Waals surface area contributed by atoms with Gasteiger partial charge in [0.15, 0.2) is 18.0 Å². The fourth-order valence-corrected chi connectivity index (χ4v) is 7.67. The molecule has 4 aliphatic rings. The zero-order valence-electron chi connectivity index (χ0n) is 24.9. The van der Waals surface area contributed by atoms with E-state index in [1.165, 1.54) is 66.3 Å². The van der Waals surface area contributed by atoms with Crippen LogP contribution in [0.1, 0.15) is 49.6 Å². The minimum absolute atomic E-state index is 0.264. The van der Waals surface area contributed by atoms with Crippen molar-refractivity contribution < 1.29 is 9.31 Å². The summed E-state index contributed by atoms with van der Waals surface area (Å²) in [4.78, 5) is 3.42. The van der Waals surface area contributed by atoms with Crippen LogP contribution in [0.15, 0.2) is 115 Å². The molecule has 1 aromatic heterocycles. The van der Waals surface area contributed by atoms with Crippen molar-refractivity contribution in [1.29, 1.82) is 0 Å². The van der Waals surface area contributed by atoms with Crippen molar-refractivity contribution in [1.82, 2.24) is 4.98 Å². The summed E-state index contributed by atoms with van der Waals surface area (Å²) in [5.74, 6) is 1.25. The molecular formula is C40H35N2O+. The fraction of sp³-hybridized carbons (Fsp3) is 0.175. The zero-order chi connectivity index (χ0) is 29.1. The molecule has 3 heteroatoms. The van der Waals surface area contributed by atoms with Crippen LogP contribution in [0.25, 0.3) is 55.6 Å². The normalized spacial score (nSPS) is 20.2. The molecule has 2 heterocycles. The molecule has 210 valence electrons. The lowest BCUT2D eigenvalue weighted by Crippen LogP contribution is -2.20. The second-order valence-corrected chi connectivity index (χ2v) is 11.4. The molecule has 0 saturated carbocycles. The summed E-state index contributed by atoms with van der Waals surface area (Å²) in [6.07, 6.45) is 17.9. The van der Waals surface area contributed by atoms with Gasteiger partial charge in [-0.1, -0.05) is 80.6 Å². The van der Waals surface area contributed by atoms with Gasteiger partial charge >= 0.3 is 0 Å². The maximum atomic E-state index is 6.12. The monoisotopic (exact) mass is 559 g/mol. The summed E-state index contributed by atoms with van der Waals surface area (Å²) in [6.45, 7) is 4.00. The van der Waals surface area contributed by atoms with Crippen LogP contribution in [-0.4, -0.2) is 22.9 Å². The van der Waals surface area contributed by atoms with Crippen LogP contribution in [0.4, 0.5) is 0 Å². The molecule has 0 spiro atoms. The minimum atomic E-state index is 0.264. The van der Waals surface area contributed by atoms with Crippen LogP contribution >= 0.6 is 0 Å². The van der Waals surface area contributed by atoms with E-state index in [9.17, 15) is 0 Å². The molecule has 0 bridgehead atoms. The van der Waals surface area contributed by atoms with Gasteiger partial charge in [0.1, 0.15) is 5.76 Å². The van der Waals surface area contributed by atoms with E-state index in [-0.39, 0.29) is 6.04 Å². The van der Waals surface area contributed by atoms with Gasteiger partial charge in [0, 0.05) is 41.1 Å². The Hall–Kier alpha value is -4.89. The van der Waals surface area contributed by atoms with Gasteiger partial charge in [-0.15, -0.1) is 0 Å². The van der Waals surface area contributed by atoms with Crippen LogP contribution < -0.4 is 0 Å². The predicted molar refractivity (Wildman–Crippen MR) is 180 cm³/mol. The molecule has 9 rings (SSSR count). The highest BCUT2D eigenvalue weighted by molar-refractivity contribution is 6.19. The molecular weight excluding hydrogens is 524 g/mol. The van der Waals surface area contributed by atoms with E-state index in [2.05, 4.69) is 125 Å². The number of aromatic nitrogens is 1. The lowest BCUT2D eigenvalue weighted by Gasteiger charge is -2.18. The molecule has 0 saturated heterocycles. The minimum Gasteiger partial charge on any atom is -0.496 e. The molecule has 2 atom stereocenters. The first-order valence-corrected chi connectivity index (χ1v) is 15.5. The van der Waals surface area contributed by atoms with Gasteiger partial charge in [-0.05, 0) is 80.6 Å². The van der Waals surface area contributed by atoms with Gasteiger partial charge in [-0.25, -0.2) is 0 Å². The molecule has 3 nitrogen and oxygen atoms in total. The highest BCUT2D eigenvalue weighted by Crippen LogP contribution is 2.51. The third-order valence-corrected chi connectivity index (χ3v) is 9.47. The maximum absolute atomic E-state index is 6.12. The number of allylic oxidation sites excluding steroid dienone is 4. The van der Waals surface area contributed by atoms with E-state index in [4.69, 9.17) is 4.74 Å². The largest absolute Gasteiger partial charge is 0.496 e. The van der Waals surface area contributed by atoms with Crippen molar-refractivity contribution in [3.63, 3.8) is 0 Å². The average molecular weight is 560 g/mol. The highest BCUT2D eigenvalue weighted by Gasteiger charge is 2.47. The van der Waals surface area contributed by atoms with Gasteiger partial charge in [0.05, 0.1) is 13.0 Å². The highest BCUT2D eigenvalue weighted by atomic mass is 16.5. The first-order chi connectivity index (χ1) is 21.3. The Kier molecular flexibility index (Phi) is 6.08. The van der Waals surface area contributed by atoms with E-state index >= 15 is 0 Å². The SMILES string of the molecule is CC.CO/C(=C\C=[N+]1C2=C(C=CCC2)C2C=Cc3[nH]ccc3C21)c1ccc2c3c(cccc13)-c1cc3ccccc3cc1-2. The number of nitrogens with zero attached hydrogens (tertiary/aromatic N) is 1. The third-order valence-electron chi connectivity index (χ3n) is 9.47. The number of H-pyrrole nitrogens is 1. The summed E-state index contributed by atoms with van der Waals surface area (Å²) in [7, 11) is 1.79. The van der Waals surface area contributed by atoms with E-state index in [0.29, 0.717) is 5.92 Å². The van der Waals surface area contributed by atoms with Gasteiger partial charge in [-0.2, -0.15) is 4.58 Å². The summed E-state index contributed by atoms with van der Waals surface area (Å²) in [5.41, 5.74) is 11.8. The van der Waals surface area contributed by atoms with Gasteiger partial charge in [-0.3, -0.25) is 0 Å². The van der Waals surface area contributed by atoms with Crippen LogP contribution in [0, 0.1) is 5.92 Å². The van der Waals surface area contributed by atoms with Gasteiger partial charge < -0.3 is 9.72 Å². The predicted octanol–water partition coefficient (Wildman–Crippen LogP) is 10.1. The first kappa shape index (κ1) is 25.8. The lowest BCUT2D eigenvalue weighted by molar-refractivity contribution is -0.516. The fourth-order valence-electron chi connectivity index (χ4n) is 7.67. The van der Waals surface area contributed by atoms with Crippen LogP contribution in [0.3, 0.4) is 0 Å². The van der Waals surface area contributed by atoms with E-state index < -0.39 is 0 Å². The number of ether oxygens (including phenoxy) is 1. The van der Waals surface area contributed by atoms with Crippen molar-refractivity contribution in [3.05, 3.63) is 131 Å². The van der Waals surface area contributed by atoms with E-state index in [0.717, 1.165) is 24.2 Å². The molecule has 0 radical (unpaired) electrons. The quantitative estimate of drug-likeness (QED) is 0.170. The first-order valence-electron chi connectivity index (χ1n) is 15.5. The molecule has 0 amide bonds. The topological polar surface area (TPSA) is 28.0 Å². The number of aromatic amines is 1. The Morgan fingerprint density at radius 3 is 2.47 bits per heavy atom. The van der Waals surface area contributed by atoms with Crippen LogP contribution in [-0.2, 0) is 4.74 Å². The molecule has 0 fully saturated rings. The Morgan fingerprint density at radius 1 is 0.884 bits per heavy atom. The maximum Gasteiger partial charge on any atom is 0.196 e. The summed E-state index contributed by atoms with van der Waals surface area (Å²) >= 11 is 0. The van der Waals surface area contributed by atoms with Crippen molar-refractivity contribution in [2.45, 2.75) is 32.7 Å². The van der Waals surface area contributed by atoms with Crippen LogP contribution in [0.5, 0.6) is 0 Å². The second kappa shape index (κ2) is 10.1. The molecule has 5 aromatic rings. The zero-order valence-corrected chi connectivity index (χ0v) is 24.9. The lowest BCUT2D eigenvalue weighted by atomic mass is 9.84. The van der Waals surface area contributed by atoms with Crippen molar-refractivity contribution in [2.24, 2.45) is 5.92 Å². The number of benzene rings is 4. The average Bonchev–Trinajstić information content (AvgIpc) is 3.76. The molecule has 2 unspecified atom stereocenters. The standard InChI is InChI=1S/C38H29N2O.C2H6/c1-41-36(18-20-40-35-12-5-4-9-25(35)30-15-16-34-31(38(30)40)17-19-39-34)26-13-14-29-33-22-24-8-3-2-7-23(24)21-32(33)28-11-6-10-27(26)37(28)29;1-2/h2-4,6-11,13-22,30,38-39H,5,12H2,1H3;1-2H3/q+1;/b36-18-,40-20?;. The van der Waals surface area contributed by atoms with E-state index in [1.54, 1.807) is 7.11 Å². The Morgan fingerprint density at radius 2 is 1.67 bits per heavy atom. The van der Waals surface area contributed by atoms with Crippen molar-refractivity contribution in [3.8, 4) is 22.3 Å². The van der Waals surface area contributed by atoms with Crippen molar-refractivity contribution >= 4 is 39.6 Å². The second-order valence-electron chi connectivity index (χ2n) is 11.4. The number of nitrogens with one attached hydrogen (secondary N) is 1. The summed E-state index contributed by atoms with van der Waals surface area (Å²) < 4.78 is 8.62.